The number of rotatable bonds is 6. The Balaban J connectivity index is 2.64. The van der Waals surface area contributed by atoms with E-state index in [0.717, 1.165) is 11.1 Å². The van der Waals surface area contributed by atoms with Gasteiger partial charge in [0, 0.05) is 0 Å². The van der Waals surface area contributed by atoms with Crippen molar-refractivity contribution in [1.29, 1.82) is 0 Å². The largest absolute Gasteiger partial charge is 0.0984 e. The second-order valence-corrected chi connectivity index (χ2v) is 6.89. The van der Waals surface area contributed by atoms with Crippen LogP contribution in [0.25, 0.3) is 5.57 Å². The monoisotopic (exact) mass is 364 g/mol. The predicted molar refractivity (Wildman–Crippen MR) is 124 cm³/mol. The minimum atomic E-state index is -0.390. The first kappa shape index (κ1) is 19.6. The Kier molecular flexibility index (Phi) is 5.51. The molecule has 0 aliphatic heterocycles. The van der Waals surface area contributed by atoms with Gasteiger partial charge in [-0.05, 0) is 65.3 Å². The van der Waals surface area contributed by atoms with Crippen molar-refractivity contribution in [1.82, 2.24) is 0 Å². The van der Waals surface area contributed by atoms with Gasteiger partial charge in [0.15, 0.2) is 0 Å². The molecule has 0 nitrogen and oxygen atoms in total. The van der Waals surface area contributed by atoms with Crippen molar-refractivity contribution in [2.45, 2.75) is 26.2 Å². The van der Waals surface area contributed by atoms with Gasteiger partial charge in [0.1, 0.15) is 0 Å². The van der Waals surface area contributed by atoms with Gasteiger partial charge in [0.2, 0.25) is 0 Å². The molecule has 0 radical (unpaired) electrons. The Bertz CT molecular complexity index is 986. The summed E-state index contributed by atoms with van der Waals surface area (Å²) in [5.41, 5.74) is 9.34. The number of benzene rings is 1. The van der Waals surface area contributed by atoms with Gasteiger partial charge in [-0.15, -0.1) is 0 Å². The molecule has 2 aliphatic carbocycles. The summed E-state index contributed by atoms with van der Waals surface area (Å²) < 4.78 is 0. The molecular weight excluding hydrogens is 336 g/mol. The summed E-state index contributed by atoms with van der Waals surface area (Å²) in [4.78, 5) is 0. The third kappa shape index (κ3) is 2.45. The van der Waals surface area contributed by atoms with E-state index in [1.165, 1.54) is 33.4 Å². The molecule has 0 amide bonds. The highest BCUT2D eigenvalue weighted by Crippen LogP contribution is 2.61. The molecule has 0 saturated carbocycles. The van der Waals surface area contributed by atoms with Crippen LogP contribution in [0, 0.1) is 0 Å². The standard InChI is InChI=1S/C28H28/c1-7-15-24-20(10-4)21(11-5)25(16-8-2)28(24)26(17-9-3)22(12-6)23-18-13-14-19-27(23)28/h7-19H,4-6H2,1-3H3/b15-7-,16-8-,17-9-. The molecule has 1 spiro atoms. The van der Waals surface area contributed by atoms with Gasteiger partial charge < -0.3 is 0 Å². The normalized spacial score (nSPS) is 18.4. The number of allylic oxidation sites excluding steroid dienone is 15. The molecule has 0 bridgehead atoms. The lowest BCUT2D eigenvalue weighted by Crippen LogP contribution is -2.28. The molecule has 0 aromatic heterocycles. The average Bonchev–Trinajstić information content (AvgIpc) is 3.14. The van der Waals surface area contributed by atoms with Crippen molar-refractivity contribution in [2.75, 3.05) is 0 Å². The minimum absolute atomic E-state index is 0.390. The van der Waals surface area contributed by atoms with Gasteiger partial charge in [-0.3, -0.25) is 0 Å². The van der Waals surface area contributed by atoms with Crippen LogP contribution in [-0.2, 0) is 5.41 Å². The van der Waals surface area contributed by atoms with Crippen LogP contribution in [0.5, 0.6) is 0 Å². The van der Waals surface area contributed by atoms with E-state index in [1.807, 2.05) is 18.2 Å². The maximum atomic E-state index is 4.15. The van der Waals surface area contributed by atoms with Crippen molar-refractivity contribution in [3.8, 4) is 0 Å². The summed E-state index contributed by atoms with van der Waals surface area (Å²) >= 11 is 0. The van der Waals surface area contributed by atoms with E-state index in [-0.39, 0.29) is 0 Å². The summed E-state index contributed by atoms with van der Waals surface area (Å²) in [5.74, 6) is 0. The molecule has 0 heteroatoms. The van der Waals surface area contributed by atoms with Crippen LogP contribution < -0.4 is 0 Å². The van der Waals surface area contributed by atoms with E-state index in [2.05, 4.69) is 101 Å². The zero-order valence-corrected chi connectivity index (χ0v) is 17.1. The highest BCUT2D eigenvalue weighted by atomic mass is 14.5. The fraction of sp³-hybridized carbons (Fsp3) is 0.143. The zero-order chi connectivity index (χ0) is 20.3. The minimum Gasteiger partial charge on any atom is -0.0984 e. The number of fused-ring (bicyclic) bond motifs is 2. The quantitative estimate of drug-likeness (QED) is 0.488. The molecule has 0 saturated heterocycles. The second kappa shape index (κ2) is 7.86. The van der Waals surface area contributed by atoms with E-state index >= 15 is 0 Å². The van der Waals surface area contributed by atoms with E-state index in [4.69, 9.17) is 0 Å². The lowest BCUT2D eigenvalue weighted by Gasteiger charge is -2.33. The van der Waals surface area contributed by atoms with E-state index in [1.54, 1.807) is 0 Å². The molecule has 0 heterocycles. The lowest BCUT2D eigenvalue weighted by molar-refractivity contribution is 0.771. The first-order valence-corrected chi connectivity index (χ1v) is 9.77. The SMILES string of the molecule is C=CC1=C(/C=C\C)C2(C(/C=C\C)=C1C=C)C(/C=C\C)=C(C=C)c1ccccc12. The molecule has 140 valence electrons. The third-order valence-electron chi connectivity index (χ3n) is 5.61. The molecule has 0 N–H and O–H groups in total. The van der Waals surface area contributed by atoms with E-state index < -0.39 is 5.41 Å². The summed E-state index contributed by atoms with van der Waals surface area (Å²) in [7, 11) is 0. The van der Waals surface area contributed by atoms with Crippen molar-refractivity contribution in [3.63, 3.8) is 0 Å². The maximum absolute atomic E-state index is 4.15. The molecule has 3 rings (SSSR count). The first-order valence-electron chi connectivity index (χ1n) is 9.77. The topological polar surface area (TPSA) is 0 Å². The smallest absolute Gasteiger partial charge is 0.0725 e. The van der Waals surface area contributed by atoms with E-state index in [0.29, 0.717) is 0 Å². The molecule has 1 aromatic rings. The molecule has 0 atom stereocenters. The van der Waals surface area contributed by atoms with Crippen LogP contribution in [0.3, 0.4) is 0 Å². The van der Waals surface area contributed by atoms with Crippen molar-refractivity contribution in [3.05, 3.63) is 138 Å². The Morgan fingerprint density at radius 3 is 1.50 bits per heavy atom. The van der Waals surface area contributed by atoms with Crippen molar-refractivity contribution in [2.24, 2.45) is 0 Å². The lowest BCUT2D eigenvalue weighted by atomic mass is 9.67. The third-order valence-corrected chi connectivity index (χ3v) is 5.61. The highest BCUT2D eigenvalue weighted by Gasteiger charge is 2.51. The van der Waals surface area contributed by atoms with Crippen LogP contribution >= 0.6 is 0 Å². The van der Waals surface area contributed by atoms with Crippen molar-refractivity contribution >= 4 is 5.57 Å². The van der Waals surface area contributed by atoms with E-state index in [9.17, 15) is 0 Å². The molecule has 0 fully saturated rings. The van der Waals surface area contributed by atoms with Gasteiger partial charge in [-0.25, -0.2) is 0 Å². The van der Waals surface area contributed by atoms with Crippen LogP contribution in [0.15, 0.2) is 127 Å². The van der Waals surface area contributed by atoms with Gasteiger partial charge in [-0.1, -0.05) is 98.7 Å². The Morgan fingerprint density at radius 1 is 0.643 bits per heavy atom. The summed E-state index contributed by atoms with van der Waals surface area (Å²) in [6.45, 7) is 18.6. The number of hydrogen-bond donors (Lipinski definition) is 0. The van der Waals surface area contributed by atoms with Crippen LogP contribution in [-0.4, -0.2) is 0 Å². The summed E-state index contributed by atoms with van der Waals surface area (Å²) in [5, 5.41) is 0. The van der Waals surface area contributed by atoms with Crippen molar-refractivity contribution < 1.29 is 0 Å². The maximum Gasteiger partial charge on any atom is 0.0725 e. The molecule has 1 aromatic carbocycles. The fourth-order valence-corrected chi connectivity index (χ4v) is 4.76. The summed E-state index contributed by atoms with van der Waals surface area (Å²) in [6.07, 6.45) is 18.9. The predicted octanol–water partition coefficient (Wildman–Crippen LogP) is 7.58. The molecule has 2 aliphatic rings. The second-order valence-electron chi connectivity index (χ2n) is 6.89. The summed E-state index contributed by atoms with van der Waals surface area (Å²) in [6, 6.07) is 8.67. The first-order chi connectivity index (χ1) is 13.7. The highest BCUT2D eigenvalue weighted by molar-refractivity contribution is 5.94. The van der Waals surface area contributed by atoms with Gasteiger partial charge in [-0.2, -0.15) is 0 Å². The fourth-order valence-electron chi connectivity index (χ4n) is 4.76. The Labute approximate surface area is 169 Å². The van der Waals surface area contributed by atoms with Crippen LogP contribution in [0.1, 0.15) is 31.9 Å². The Hall–Kier alpha value is -3.12. The zero-order valence-electron chi connectivity index (χ0n) is 17.1. The van der Waals surface area contributed by atoms with Gasteiger partial charge in [0.25, 0.3) is 0 Å². The van der Waals surface area contributed by atoms with Gasteiger partial charge >= 0.3 is 0 Å². The molecule has 0 unspecified atom stereocenters. The Morgan fingerprint density at radius 2 is 1.07 bits per heavy atom. The number of hydrogen-bond acceptors (Lipinski definition) is 0. The van der Waals surface area contributed by atoms with Crippen LogP contribution in [0.4, 0.5) is 0 Å². The van der Waals surface area contributed by atoms with Gasteiger partial charge in [0.05, 0.1) is 5.41 Å². The molecular formula is C28H28. The van der Waals surface area contributed by atoms with Crippen LogP contribution in [0.2, 0.25) is 0 Å². The average molecular weight is 365 g/mol. The molecule has 28 heavy (non-hydrogen) atoms.